The van der Waals surface area contributed by atoms with Crippen LogP contribution in [0.15, 0.2) is 45.8 Å². The largest absolute Gasteiger partial charge is 0.290 e. The van der Waals surface area contributed by atoms with E-state index in [1.165, 1.54) is 0 Å². The lowest BCUT2D eigenvalue weighted by molar-refractivity contribution is -0.115. The Bertz CT molecular complexity index is 523. The lowest BCUT2D eigenvalue weighted by Gasteiger charge is -1.94. The zero-order valence-electron chi connectivity index (χ0n) is 8.64. The number of allylic oxidation sites excluding steroid dienone is 2. The average Bonchev–Trinajstić information content (AvgIpc) is 2.58. The van der Waals surface area contributed by atoms with Crippen molar-refractivity contribution in [1.29, 1.82) is 0 Å². The fraction of sp³-hybridized carbons (Fsp3) is 0. The zero-order chi connectivity index (χ0) is 12.3. The molecule has 1 aliphatic heterocycles. The first-order chi connectivity index (χ1) is 8.15. The summed E-state index contributed by atoms with van der Waals surface area (Å²) in [7, 11) is 0. The van der Waals surface area contributed by atoms with Crippen LogP contribution in [0.4, 0.5) is 4.79 Å². The third-order valence-electron chi connectivity index (χ3n) is 2.02. The number of benzene rings is 1. The number of carbonyl (C=O) groups excluding carboxylic acids is 2. The molecule has 0 aromatic heterocycles. The van der Waals surface area contributed by atoms with Crippen molar-refractivity contribution in [2.45, 2.75) is 0 Å². The molecule has 1 fully saturated rings. The molecular weight excluding hydrogens is 302 g/mol. The summed E-state index contributed by atoms with van der Waals surface area (Å²) in [6.07, 6.45) is 3.52. The van der Waals surface area contributed by atoms with Crippen LogP contribution in [0, 0.1) is 0 Å². The number of thioether (sulfide) groups is 1. The number of imide groups is 1. The number of halogens is 1. The highest BCUT2D eigenvalue weighted by Gasteiger charge is 2.24. The number of rotatable bonds is 2. The molecule has 5 heteroatoms. The Morgan fingerprint density at radius 3 is 2.53 bits per heavy atom. The first-order valence-electron chi connectivity index (χ1n) is 4.82. The first-order valence-corrected chi connectivity index (χ1v) is 6.43. The van der Waals surface area contributed by atoms with Crippen LogP contribution in [0.3, 0.4) is 0 Å². The Hall–Kier alpha value is -1.33. The summed E-state index contributed by atoms with van der Waals surface area (Å²) in [6.45, 7) is 0. The van der Waals surface area contributed by atoms with Gasteiger partial charge in [-0.1, -0.05) is 46.3 Å². The van der Waals surface area contributed by atoms with Gasteiger partial charge in [-0.25, -0.2) is 0 Å². The second-order valence-electron chi connectivity index (χ2n) is 3.29. The summed E-state index contributed by atoms with van der Waals surface area (Å²) in [4.78, 5) is 22.7. The van der Waals surface area contributed by atoms with Crippen molar-refractivity contribution in [3.05, 3.63) is 51.4 Å². The van der Waals surface area contributed by atoms with Crippen molar-refractivity contribution in [1.82, 2.24) is 5.32 Å². The van der Waals surface area contributed by atoms with E-state index in [4.69, 9.17) is 0 Å². The van der Waals surface area contributed by atoms with E-state index in [0.29, 0.717) is 4.91 Å². The van der Waals surface area contributed by atoms with E-state index in [0.717, 1.165) is 21.8 Å². The van der Waals surface area contributed by atoms with Crippen molar-refractivity contribution in [3.63, 3.8) is 0 Å². The molecule has 1 N–H and O–H groups in total. The molecule has 0 radical (unpaired) electrons. The van der Waals surface area contributed by atoms with E-state index in [9.17, 15) is 9.59 Å². The molecule has 2 amide bonds. The maximum atomic E-state index is 11.3. The number of hydrogen-bond donors (Lipinski definition) is 1. The average molecular weight is 310 g/mol. The molecular formula is C12H8BrNO2S. The summed E-state index contributed by atoms with van der Waals surface area (Å²) in [6, 6.07) is 9.70. The summed E-state index contributed by atoms with van der Waals surface area (Å²) in [5.41, 5.74) is 1.02. The lowest BCUT2D eigenvalue weighted by atomic mass is 10.2. The second kappa shape index (κ2) is 5.33. The SMILES string of the molecule is O=C1NC(=O)/C(=C\C(Br)=C\c2ccccc2)S1. The Kier molecular flexibility index (Phi) is 3.81. The van der Waals surface area contributed by atoms with E-state index >= 15 is 0 Å². The van der Waals surface area contributed by atoms with Crippen LogP contribution in [-0.4, -0.2) is 11.1 Å². The zero-order valence-corrected chi connectivity index (χ0v) is 11.0. The highest BCUT2D eigenvalue weighted by Crippen LogP contribution is 2.26. The van der Waals surface area contributed by atoms with Gasteiger partial charge < -0.3 is 0 Å². The molecule has 1 heterocycles. The molecule has 1 aromatic rings. The van der Waals surface area contributed by atoms with Gasteiger partial charge in [-0.05, 0) is 29.5 Å². The Morgan fingerprint density at radius 2 is 1.94 bits per heavy atom. The van der Waals surface area contributed by atoms with E-state index in [2.05, 4.69) is 21.2 Å². The predicted octanol–water partition coefficient (Wildman–Crippen LogP) is 3.29. The third kappa shape index (κ3) is 3.31. The highest BCUT2D eigenvalue weighted by atomic mass is 79.9. The normalized spacial score (nSPS) is 18.6. The Morgan fingerprint density at radius 1 is 1.24 bits per heavy atom. The molecule has 86 valence electrons. The topological polar surface area (TPSA) is 46.2 Å². The summed E-state index contributed by atoms with van der Waals surface area (Å²) in [5, 5.41) is 1.87. The first kappa shape index (κ1) is 12.1. The lowest BCUT2D eigenvalue weighted by Crippen LogP contribution is -2.17. The number of nitrogens with one attached hydrogen (secondary N) is 1. The fourth-order valence-electron chi connectivity index (χ4n) is 1.30. The maximum absolute atomic E-state index is 11.3. The molecule has 0 spiro atoms. The van der Waals surface area contributed by atoms with Gasteiger partial charge in [0.05, 0.1) is 4.91 Å². The summed E-state index contributed by atoms with van der Waals surface area (Å²) >= 11 is 4.26. The minimum absolute atomic E-state index is 0.332. The molecule has 1 aromatic carbocycles. The third-order valence-corrected chi connectivity index (χ3v) is 3.28. The molecule has 1 aliphatic rings. The van der Waals surface area contributed by atoms with Crippen molar-refractivity contribution in [2.75, 3.05) is 0 Å². The maximum Gasteiger partial charge on any atom is 0.290 e. The molecule has 3 nitrogen and oxygen atoms in total. The van der Waals surface area contributed by atoms with Crippen LogP contribution >= 0.6 is 27.7 Å². The number of amides is 2. The van der Waals surface area contributed by atoms with Gasteiger partial charge in [0.15, 0.2) is 0 Å². The smallest absolute Gasteiger partial charge is 0.282 e. The molecule has 2 rings (SSSR count). The van der Waals surface area contributed by atoms with Crippen LogP contribution in [0.5, 0.6) is 0 Å². The van der Waals surface area contributed by atoms with Crippen LogP contribution in [0.1, 0.15) is 5.56 Å². The van der Waals surface area contributed by atoms with Crippen LogP contribution in [-0.2, 0) is 4.79 Å². The monoisotopic (exact) mass is 309 g/mol. The second-order valence-corrected chi connectivity index (χ2v) is 5.22. The standard InChI is InChI=1S/C12H8BrNO2S/c13-9(6-8-4-2-1-3-5-8)7-10-11(15)14-12(16)17-10/h1-7H,(H,14,15,16)/b9-6-,10-7+. The van der Waals surface area contributed by atoms with Gasteiger partial charge in [-0.15, -0.1) is 0 Å². The molecule has 17 heavy (non-hydrogen) atoms. The Labute approximate surface area is 111 Å². The van der Waals surface area contributed by atoms with Crippen molar-refractivity contribution in [3.8, 4) is 0 Å². The molecule has 0 atom stereocenters. The highest BCUT2D eigenvalue weighted by molar-refractivity contribution is 9.12. The summed E-state index contributed by atoms with van der Waals surface area (Å²) in [5.74, 6) is -0.349. The molecule has 0 bridgehead atoms. The van der Waals surface area contributed by atoms with E-state index in [1.54, 1.807) is 6.08 Å². The van der Waals surface area contributed by atoms with Crippen LogP contribution in [0.2, 0.25) is 0 Å². The Balaban J connectivity index is 2.19. The van der Waals surface area contributed by atoms with Gasteiger partial charge in [0.1, 0.15) is 0 Å². The molecule has 0 aliphatic carbocycles. The molecule has 0 unspecified atom stereocenters. The molecule has 1 saturated heterocycles. The van der Waals surface area contributed by atoms with E-state index < -0.39 is 0 Å². The van der Waals surface area contributed by atoms with Crippen LogP contribution < -0.4 is 5.32 Å². The van der Waals surface area contributed by atoms with Gasteiger partial charge in [-0.2, -0.15) is 0 Å². The fourth-order valence-corrected chi connectivity index (χ4v) is 2.61. The molecule has 0 saturated carbocycles. The number of carbonyl (C=O) groups is 2. The number of hydrogen-bond acceptors (Lipinski definition) is 3. The van der Waals surface area contributed by atoms with Crippen molar-refractivity contribution < 1.29 is 9.59 Å². The predicted molar refractivity (Wildman–Crippen MR) is 72.6 cm³/mol. The van der Waals surface area contributed by atoms with Crippen molar-refractivity contribution in [2.24, 2.45) is 0 Å². The van der Waals surface area contributed by atoms with Crippen molar-refractivity contribution >= 4 is 44.9 Å². The minimum atomic E-state index is -0.349. The van der Waals surface area contributed by atoms with Gasteiger partial charge in [0, 0.05) is 4.48 Å². The summed E-state index contributed by atoms with van der Waals surface area (Å²) < 4.78 is 0.746. The quantitative estimate of drug-likeness (QED) is 0.853. The van der Waals surface area contributed by atoms with Gasteiger partial charge in [0.2, 0.25) is 0 Å². The van der Waals surface area contributed by atoms with Gasteiger partial charge in [0.25, 0.3) is 11.1 Å². The van der Waals surface area contributed by atoms with Gasteiger partial charge >= 0.3 is 0 Å². The van der Waals surface area contributed by atoms with Gasteiger partial charge in [-0.3, -0.25) is 14.9 Å². The minimum Gasteiger partial charge on any atom is -0.282 e. The van der Waals surface area contributed by atoms with E-state index in [1.807, 2.05) is 36.4 Å². The van der Waals surface area contributed by atoms with Crippen LogP contribution in [0.25, 0.3) is 6.08 Å². The van der Waals surface area contributed by atoms with E-state index in [-0.39, 0.29) is 11.1 Å².